The van der Waals surface area contributed by atoms with Crippen LogP contribution in [0.15, 0.2) is 0 Å². The van der Waals surface area contributed by atoms with Crippen molar-refractivity contribution in [3.63, 3.8) is 0 Å². The highest BCUT2D eigenvalue weighted by Gasteiger charge is 2.97. The van der Waals surface area contributed by atoms with Crippen molar-refractivity contribution < 1.29 is 0 Å². The quantitative estimate of drug-likeness (QED) is 0.637. The van der Waals surface area contributed by atoms with Crippen LogP contribution >= 0.6 is 0 Å². The SMILES string of the molecule is CC12C3[C@@H]4C[C@H]5C6[C@H]7C[C@@H]3[C@H]3[C@@H]7[C@@H]7C(C8[C@@H]1[C@@H]4[C@H]5[C@@H]8C67C)[C@H]32. The summed E-state index contributed by atoms with van der Waals surface area (Å²) in [4.78, 5) is 0. The molecule has 22 heavy (non-hydrogen) atoms. The molecule has 10 rings (SSSR count). The number of rotatable bonds is 0. The van der Waals surface area contributed by atoms with Gasteiger partial charge in [-0.3, -0.25) is 0 Å². The average Bonchev–Trinajstić information content (AvgIpc) is 3.16. The Bertz CT molecular complexity index is 624. The van der Waals surface area contributed by atoms with Crippen LogP contribution in [0, 0.1) is 106 Å². The minimum absolute atomic E-state index is 0.863. The molecular weight excluding hydrogens is 264 g/mol. The third-order valence-corrected chi connectivity index (χ3v) is 13.9. The van der Waals surface area contributed by atoms with Gasteiger partial charge in [-0.2, -0.15) is 0 Å². The Balaban J connectivity index is 1.50. The van der Waals surface area contributed by atoms with Crippen molar-refractivity contribution in [1.29, 1.82) is 0 Å². The number of fused-ring (bicyclic) bond motifs is 4. The van der Waals surface area contributed by atoms with E-state index in [0.717, 1.165) is 10.8 Å². The predicted molar refractivity (Wildman–Crippen MR) is 81.3 cm³/mol. The van der Waals surface area contributed by atoms with Crippen molar-refractivity contribution in [2.45, 2.75) is 26.7 Å². The van der Waals surface area contributed by atoms with Crippen LogP contribution in [0.1, 0.15) is 26.7 Å². The van der Waals surface area contributed by atoms with Crippen LogP contribution in [0.25, 0.3) is 0 Å². The molecule has 0 heterocycles. The zero-order chi connectivity index (χ0) is 13.7. The van der Waals surface area contributed by atoms with Crippen LogP contribution in [-0.2, 0) is 0 Å². The first-order chi connectivity index (χ1) is 10.7. The van der Waals surface area contributed by atoms with E-state index in [-0.39, 0.29) is 0 Å². The second-order valence-electron chi connectivity index (χ2n) is 12.5. The lowest BCUT2D eigenvalue weighted by Gasteiger charge is -2.43. The van der Waals surface area contributed by atoms with Crippen molar-refractivity contribution >= 4 is 0 Å². The van der Waals surface area contributed by atoms with Gasteiger partial charge in [0.25, 0.3) is 0 Å². The minimum atomic E-state index is 0.863. The van der Waals surface area contributed by atoms with E-state index >= 15 is 0 Å². The lowest BCUT2D eigenvalue weighted by molar-refractivity contribution is 0.0391. The second-order valence-corrected chi connectivity index (χ2v) is 12.5. The van der Waals surface area contributed by atoms with Gasteiger partial charge in [-0.25, -0.2) is 0 Å². The number of hydrogen-bond acceptors (Lipinski definition) is 0. The molecule has 0 bridgehead atoms. The maximum absolute atomic E-state index is 2.88. The standard InChI is InChI=1S/C22H26/c1-21-15-5-3-7-11-9(5)17(21)13-14-18(21)10-6(15)4-8-12(10)20(14)22(2,16(7)8)19(11)13/h5-20H,3-4H2,1-2H3/t5-,6-,7-,8+,9+,10+,11+,12-,13?,14?,15?,16?,17+,18+,19+,20-,21?,22?/m1/s1. The van der Waals surface area contributed by atoms with Gasteiger partial charge in [0, 0.05) is 0 Å². The van der Waals surface area contributed by atoms with Crippen molar-refractivity contribution in [2.24, 2.45) is 106 Å². The highest BCUT2D eigenvalue weighted by atomic mass is 15.0. The summed E-state index contributed by atoms with van der Waals surface area (Å²) in [5, 5.41) is 0. The first kappa shape index (κ1) is 10.1. The summed E-state index contributed by atoms with van der Waals surface area (Å²) in [6, 6.07) is 0. The fraction of sp³-hybridized carbons (Fsp3) is 1.00. The van der Waals surface area contributed by atoms with Crippen molar-refractivity contribution in [2.75, 3.05) is 0 Å². The van der Waals surface area contributed by atoms with Crippen LogP contribution in [0.5, 0.6) is 0 Å². The maximum atomic E-state index is 2.88. The molecule has 0 nitrogen and oxygen atoms in total. The van der Waals surface area contributed by atoms with Gasteiger partial charge in [0.15, 0.2) is 0 Å². The zero-order valence-corrected chi connectivity index (χ0v) is 13.7. The first-order valence-corrected chi connectivity index (χ1v) is 10.7. The van der Waals surface area contributed by atoms with Crippen LogP contribution in [0.3, 0.4) is 0 Å². The molecule has 0 amide bonds. The Hall–Kier alpha value is 0. The fourth-order valence-electron chi connectivity index (χ4n) is 15.5. The first-order valence-electron chi connectivity index (χ1n) is 10.7. The smallest absolute Gasteiger partial charge is 0.0224 e. The molecule has 0 spiro atoms. The zero-order valence-electron chi connectivity index (χ0n) is 13.7. The molecule has 0 aromatic heterocycles. The Morgan fingerprint density at radius 3 is 1.09 bits per heavy atom. The summed E-state index contributed by atoms with van der Waals surface area (Å²) < 4.78 is 0. The Morgan fingerprint density at radius 1 is 0.455 bits per heavy atom. The second kappa shape index (κ2) is 2.19. The van der Waals surface area contributed by atoms with E-state index < -0.39 is 0 Å². The summed E-state index contributed by atoms with van der Waals surface area (Å²) in [5.74, 6) is 19.9. The van der Waals surface area contributed by atoms with Crippen molar-refractivity contribution in [3.8, 4) is 0 Å². The van der Waals surface area contributed by atoms with Crippen LogP contribution in [0.2, 0.25) is 0 Å². The van der Waals surface area contributed by atoms with E-state index in [2.05, 4.69) is 13.8 Å². The molecule has 10 fully saturated rings. The van der Waals surface area contributed by atoms with Crippen molar-refractivity contribution in [3.05, 3.63) is 0 Å². The Labute approximate surface area is 132 Å². The highest BCUT2D eigenvalue weighted by molar-refractivity contribution is 5.44. The van der Waals surface area contributed by atoms with E-state index in [1.807, 2.05) is 0 Å². The molecule has 0 aromatic rings. The molecule has 0 aliphatic heterocycles. The molecule has 0 aromatic carbocycles. The molecular formula is C22H26. The topological polar surface area (TPSA) is 0 Å². The van der Waals surface area contributed by atoms with Gasteiger partial charge >= 0.3 is 0 Å². The van der Waals surface area contributed by atoms with Gasteiger partial charge in [0.2, 0.25) is 0 Å². The molecule has 0 heteroatoms. The summed E-state index contributed by atoms with van der Waals surface area (Å²) in [5.41, 5.74) is 1.73. The van der Waals surface area contributed by atoms with E-state index in [4.69, 9.17) is 0 Å². The molecule has 10 aliphatic rings. The lowest BCUT2D eigenvalue weighted by Crippen LogP contribution is -2.39. The summed E-state index contributed by atoms with van der Waals surface area (Å²) in [6.07, 6.45) is 3.46. The monoisotopic (exact) mass is 290 g/mol. The highest BCUT2D eigenvalue weighted by Crippen LogP contribution is 3.01. The molecule has 6 unspecified atom stereocenters. The normalized spacial score (nSPS) is 98.5. The van der Waals surface area contributed by atoms with Crippen LogP contribution < -0.4 is 0 Å². The fourth-order valence-corrected chi connectivity index (χ4v) is 15.5. The molecule has 0 N–H and O–H groups in total. The van der Waals surface area contributed by atoms with E-state index in [1.165, 1.54) is 94.7 Å². The molecule has 0 saturated heterocycles. The minimum Gasteiger partial charge on any atom is -0.0588 e. The maximum Gasteiger partial charge on any atom is -0.0224 e. The van der Waals surface area contributed by atoms with Gasteiger partial charge in [0.05, 0.1) is 0 Å². The predicted octanol–water partition coefficient (Wildman–Crippen LogP) is 3.77. The average molecular weight is 290 g/mol. The Kier molecular flexibility index (Phi) is 1.00. The third kappa shape index (κ3) is 0.501. The van der Waals surface area contributed by atoms with Crippen molar-refractivity contribution in [1.82, 2.24) is 0 Å². The third-order valence-electron chi connectivity index (χ3n) is 13.9. The van der Waals surface area contributed by atoms with Crippen LogP contribution in [-0.4, -0.2) is 0 Å². The van der Waals surface area contributed by atoms with Gasteiger partial charge in [-0.05, 0) is 118 Å². The summed E-state index contributed by atoms with van der Waals surface area (Å²) in [7, 11) is 0. The molecule has 114 valence electrons. The molecule has 0 radical (unpaired) electrons. The lowest BCUT2D eigenvalue weighted by atomic mass is 9.61. The van der Waals surface area contributed by atoms with E-state index in [9.17, 15) is 0 Å². The summed E-state index contributed by atoms with van der Waals surface area (Å²) in [6.45, 7) is 5.76. The molecule has 10 aliphatic carbocycles. The number of hydrogen-bond donors (Lipinski definition) is 0. The van der Waals surface area contributed by atoms with E-state index in [1.54, 1.807) is 12.8 Å². The van der Waals surface area contributed by atoms with Gasteiger partial charge in [-0.15, -0.1) is 0 Å². The largest absolute Gasteiger partial charge is 0.0588 e. The Morgan fingerprint density at radius 2 is 0.773 bits per heavy atom. The van der Waals surface area contributed by atoms with Gasteiger partial charge in [0.1, 0.15) is 0 Å². The molecule has 10 saturated carbocycles. The molecule has 18 atom stereocenters. The van der Waals surface area contributed by atoms with Gasteiger partial charge < -0.3 is 0 Å². The van der Waals surface area contributed by atoms with Crippen LogP contribution in [0.4, 0.5) is 0 Å². The van der Waals surface area contributed by atoms with Gasteiger partial charge in [-0.1, -0.05) is 13.8 Å². The van der Waals surface area contributed by atoms with E-state index in [0.29, 0.717) is 0 Å². The summed E-state index contributed by atoms with van der Waals surface area (Å²) >= 11 is 0.